The predicted octanol–water partition coefficient (Wildman–Crippen LogP) is 4.30. The number of hydrogen-bond donors (Lipinski definition) is 1. The molecular weight excluding hydrogens is 272 g/mol. The molecule has 0 spiro atoms. The van der Waals surface area contributed by atoms with Crippen molar-refractivity contribution < 1.29 is 0 Å². The van der Waals surface area contributed by atoms with Crippen LogP contribution < -0.4 is 10.2 Å². The van der Waals surface area contributed by atoms with E-state index in [-0.39, 0.29) is 0 Å². The van der Waals surface area contributed by atoms with Crippen molar-refractivity contribution in [3.63, 3.8) is 0 Å². The van der Waals surface area contributed by atoms with Gasteiger partial charge in [-0.05, 0) is 44.4 Å². The van der Waals surface area contributed by atoms with Gasteiger partial charge in [0.15, 0.2) is 0 Å². The molecule has 1 aromatic heterocycles. The van der Waals surface area contributed by atoms with Crippen molar-refractivity contribution >= 4 is 17.3 Å². The third-order valence-corrected chi connectivity index (χ3v) is 4.27. The van der Waals surface area contributed by atoms with Gasteiger partial charge < -0.3 is 10.2 Å². The first-order chi connectivity index (χ1) is 10.8. The Morgan fingerprint density at radius 1 is 1.18 bits per heavy atom. The smallest absolute Gasteiger partial charge is 0.138 e. The second kappa shape index (κ2) is 6.77. The van der Waals surface area contributed by atoms with Crippen LogP contribution in [0.1, 0.15) is 38.2 Å². The molecule has 1 aliphatic rings. The number of aryl methyl sites for hydroxylation is 1. The Balaban J connectivity index is 1.82. The molecule has 1 N–H and O–H groups in total. The van der Waals surface area contributed by atoms with Gasteiger partial charge in [0, 0.05) is 24.3 Å². The summed E-state index contributed by atoms with van der Waals surface area (Å²) in [5, 5.41) is 3.55. The first-order valence-corrected chi connectivity index (χ1v) is 8.19. The molecular formula is C18H24N4. The van der Waals surface area contributed by atoms with Crippen molar-refractivity contribution in [2.24, 2.45) is 0 Å². The lowest BCUT2D eigenvalue weighted by Gasteiger charge is -2.23. The van der Waals surface area contributed by atoms with Gasteiger partial charge >= 0.3 is 0 Å². The molecule has 1 heterocycles. The fourth-order valence-electron chi connectivity index (χ4n) is 3.13. The Morgan fingerprint density at radius 3 is 2.73 bits per heavy atom. The topological polar surface area (TPSA) is 41.0 Å². The summed E-state index contributed by atoms with van der Waals surface area (Å²) in [6.07, 6.45) is 6.79. The molecule has 2 aromatic rings. The van der Waals surface area contributed by atoms with E-state index < -0.39 is 0 Å². The van der Waals surface area contributed by atoms with E-state index in [0.717, 1.165) is 18.2 Å². The zero-order chi connectivity index (χ0) is 15.4. The van der Waals surface area contributed by atoms with E-state index in [1.165, 1.54) is 36.9 Å². The summed E-state index contributed by atoms with van der Waals surface area (Å²) in [7, 11) is 0. The first kappa shape index (κ1) is 14.8. The fourth-order valence-corrected chi connectivity index (χ4v) is 3.13. The highest BCUT2D eigenvalue weighted by Gasteiger charge is 2.16. The van der Waals surface area contributed by atoms with Crippen molar-refractivity contribution in [2.45, 2.75) is 45.6 Å². The van der Waals surface area contributed by atoms with E-state index in [9.17, 15) is 0 Å². The standard InChI is InChI=1S/C18H24N4/c1-3-22(16-10-6-7-14(2)11-16)18-12-17(19-13-20-18)21-15-8-4-5-9-15/h6-7,10-13,15H,3-5,8-9H2,1-2H3,(H,19,20,21). The predicted molar refractivity (Wildman–Crippen MR) is 91.8 cm³/mol. The number of hydrogen-bond acceptors (Lipinski definition) is 4. The van der Waals surface area contributed by atoms with Gasteiger partial charge in [-0.3, -0.25) is 0 Å². The van der Waals surface area contributed by atoms with Gasteiger partial charge in [0.05, 0.1) is 0 Å². The number of nitrogens with one attached hydrogen (secondary N) is 1. The number of benzene rings is 1. The molecule has 4 heteroatoms. The van der Waals surface area contributed by atoms with Crippen molar-refractivity contribution in [3.8, 4) is 0 Å². The molecule has 116 valence electrons. The summed E-state index contributed by atoms with van der Waals surface area (Å²) in [4.78, 5) is 11.1. The largest absolute Gasteiger partial charge is 0.367 e. The van der Waals surface area contributed by atoms with Gasteiger partial charge in [-0.1, -0.05) is 25.0 Å². The summed E-state index contributed by atoms with van der Waals surface area (Å²) < 4.78 is 0. The highest BCUT2D eigenvalue weighted by molar-refractivity contribution is 5.62. The van der Waals surface area contributed by atoms with E-state index in [0.29, 0.717) is 6.04 Å². The normalized spacial score (nSPS) is 15.0. The van der Waals surface area contributed by atoms with Crippen LogP contribution in [-0.4, -0.2) is 22.6 Å². The Kier molecular flexibility index (Phi) is 4.56. The average Bonchev–Trinajstić information content (AvgIpc) is 3.01. The minimum absolute atomic E-state index is 0.566. The summed E-state index contributed by atoms with van der Waals surface area (Å²) >= 11 is 0. The molecule has 0 radical (unpaired) electrons. The van der Waals surface area contributed by atoms with Gasteiger partial charge in [-0.25, -0.2) is 9.97 Å². The Bertz CT molecular complexity index is 620. The lowest BCUT2D eigenvalue weighted by atomic mass is 10.2. The Labute approximate surface area is 132 Å². The fraction of sp³-hybridized carbons (Fsp3) is 0.444. The minimum atomic E-state index is 0.566. The maximum atomic E-state index is 4.47. The van der Waals surface area contributed by atoms with Gasteiger partial charge in [0.25, 0.3) is 0 Å². The van der Waals surface area contributed by atoms with Crippen LogP contribution in [0.5, 0.6) is 0 Å². The van der Waals surface area contributed by atoms with Crippen molar-refractivity contribution in [3.05, 3.63) is 42.2 Å². The zero-order valence-corrected chi connectivity index (χ0v) is 13.4. The minimum Gasteiger partial charge on any atom is -0.367 e. The molecule has 1 aromatic carbocycles. The SMILES string of the molecule is CCN(c1cccc(C)c1)c1cc(NC2CCCC2)ncn1. The third kappa shape index (κ3) is 3.38. The van der Waals surface area contributed by atoms with Crippen molar-refractivity contribution in [2.75, 3.05) is 16.8 Å². The highest BCUT2D eigenvalue weighted by Crippen LogP contribution is 2.26. The molecule has 1 fully saturated rings. The molecule has 3 rings (SSSR count). The molecule has 0 amide bonds. The van der Waals surface area contributed by atoms with Crippen LogP contribution >= 0.6 is 0 Å². The summed E-state index contributed by atoms with van der Waals surface area (Å²) in [5.41, 5.74) is 2.43. The first-order valence-electron chi connectivity index (χ1n) is 8.19. The van der Waals surface area contributed by atoms with Gasteiger partial charge in [0.2, 0.25) is 0 Å². The lowest BCUT2D eigenvalue weighted by Crippen LogP contribution is -2.19. The molecule has 22 heavy (non-hydrogen) atoms. The van der Waals surface area contributed by atoms with Crippen LogP contribution in [0, 0.1) is 6.92 Å². The second-order valence-corrected chi connectivity index (χ2v) is 5.97. The van der Waals surface area contributed by atoms with Gasteiger partial charge in [0.1, 0.15) is 18.0 Å². The lowest BCUT2D eigenvalue weighted by molar-refractivity contribution is 0.749. The van der Waals surface area contributed by atoms with E-state index in [2.05, 4.69) is 64.4 Å². The molecule has 0 atom stereocenters. The second-order valence-electron chi connectivity index (χ2n) is 5.97. The molecule has 1 aliphatic carbocycles. The van der Waals surface area contributed by atoms with E-state index in [1.54, 1.807) is 6.33 Å². The number of anilines is 3. The van der Waals surface area contributed by atoms with Gasteiger partial charge in [-0.15, -0.1) is 0 Å². The molecule has 0 bridgehead atoms. The molecule has 4 nitrogen and oxygen atoms in total. The van der Waals surface area contributed by atoms with Crippen molar-refractivity contribution in [1.82, 2.24) is 9.97 Å². The van der Waals surface area contributed by atoms with E-state index in [4.69, 9.17) is 0 Å². The summed E-state index contributed by atoms with van der Waals surface area (Å²) in [6.45, 7) is 5.14. The van der Waals surface area contributed by atoms with Crippen LogP contribution in [0.15, 0.2) is 36.7 Å². The Hall–Kier alpha value is -2.10. The maximum Gasteiger partial charge on any atom is 0.138 e. The molecule has 0 saturated heterocycles. The quantitative estimate of drug-likeness (QED) is 0.893. The van der Waals surface area contributed by atoms with Crippen LogP contribution in [0.3, 0.4) is 0 Å². The monoisotopic (exact) mass is 296 g/mol. The van der Waals surface area contributed by atoms with Crippen LogP contribution in [-0.2, 0) is 0 Å². The highest BCUT2D eigenvalue weighted by atomic mass is 15.2. The summed E-state index contributed by atoms with van der Waals surface area (Å²) in [5.74, 6) is 1.88. The van der Waals surface area contributed by atoms with E-state index >= 15 is 0 Å². The zero-order valence-electron chi connectivity index (χ0n) is 13.4. The number of nitrogens with zero attached hydrogens (tertiary/aromatic N) is 3. The van der Waals surface area contributed by atoms with Gasteiger partial charge in [-0.2, -0.15) is 0 Å². The number of rotatable bonds is 5. The van der Waals surface area contributed by atoms with Crippen molar-refractivity contribution in [1.29, 1.82) is 0 Å². The van der Waals surface area contributed by atoms with Crippen LogP contribution in [0.2, 0.25) is 0 Å². The van der Waals surface area contributed by atoms with E-state index in [1.807, 2.05) is 0 Å². The summed E-state index contributed by atoms with van der Waals surface area (Å²) in [6, 6.07) is 11.1. The molecule has 1 saturated carbocycles. The Morgan fingerprint density at radius 2 is 2.00 bits per heavy atom. The van der Waals surface area contributed by atoms with Crippen LogP contribution in [0.25, 0.3) is 0 Å². The molecule has 0 aliphatic heterocycles. The maximum absolute atomic E-state index is 4.47. The average molecular weight is 296 g/mol. The van der Waals surface area contributed by atoms with Crippen LogP contribution in [0.4, 0.5) is 17.3 Å². The molecule has 0 unspecified atom stereocenters. The number of aromatic nitrogens is 2. The third-order valence-electron chi connectivity index (χ3n) is 4.27.